The summed E-state index contributed by atoms with van der Waals surface area (Å²) in [5.74, 6) is 0. The monoisotopic (exact) mass is 166 g/mol. The molecular weight excluding hydrogens is 148 g/mol. The quantitative estimate of drug-likeness (QED) is 0.669. The fourth-order valence-electron chi connectivity index (χ4n) is 1.41. The molecule has 2 nitrogen and oxygen atoms in total. The van der Waals surface area contributed by atoms with Crippen LogP contribution in [0.3, 0.4) is 0 Å². The summed E-state index contributed by atoms with van der Waals surface area (Å²) in [4.78, 5) is 4.45. The number of allylic oxidation sites excluding steroid dienone is 2. The van der Waals surface area contributed by atoms with Gasteiger partial charge in [0.15, 0.2) is 0 Å². The number of hydrogen-bond acceptors (Lipinski definition) is 2. The molecule has 0 aromatic heterocycles. The second-order valence-electron chi connectivity index (χ2n) is 3.74. The Bertz CT molecular complexity index is 224. The molecule has 1 aliphatic heterocycles. The lowest BCUT2D eigenvalue weighted by Gasteiger charge is -2.29. The van der Waals surface area contributed by atoms with Gasteiger partial charge in [-0.05, 0) is 26.7 Å². The Labute approximate surface area is 74.8 Å². The first-order chi connectivity index (χ1) is 5.59. The average Bonchev–Trinajstić information content (AvgIpc) is 2.03. The zero-order chi connectivity index (χ0) is 9.19. The van der Waals surface area contributed by atoms with Crippen molar-refractivity contribution in [3.05, 3.63) is 11.4 Å². The highest BCUT2D eigenvalue weighted by Gasteiger charge is 2.20. The highest BCUT2D eigenvalue weighted by atomic mass is 15.0. The van der Waals surface area contributed by atoms with Crippen molar-refractivity contribution in [2.75, 3.05) is 0 Å². The van der Waals surface area contributed by atoms with Crippen molar-refractivity contribution in [3.63, 3.8) is 0 Å². The van der Waals surface area contributed by atoms with Gasteiger partial charge in [-0.2, -0.15) is 0 Å². The van der Waals surface area contributed by atoms with E-state index in [0.29, 0.717) is 0 Å². The lowest BCUT2D eigenvalue weighted by atomic mass is 10.0. The van der Waals surface area contributed by atoms with Gasteiger partial charge in [0.25, 0.3) is 0 Å². The Kier molecular flexibility index (Phi) is 2.55. The second kappa shape index (κ2) is 3.30. The fraction of sp³-hybridized carbons (Fsp3) is 0.700. The largest absolute Gasteiger partial charge is 0.377 e. The van der Waals surface area contributed by atoms with E-state index in [1.54, 1.807) is 0 Å². The molecule has 1 heterocycles. The van der Waals surface area contributed by atoms with Crippen LogP contribution in [0.25, 0.3) is 0 Å². The van der Waals surface area contributed by atoms with Crippen LogP contribution in [0.2, 0.25) is 0 Å². The highest BCUT2D eigenvalue weighted by Crippen LogP contribution is 2.19. The predicted molar refractivity (Wildman–Crippen MR) is 53.3 cm³/mol. The number of nitrogens with one attached hydrogen (secondary N) is 1. The van der Waals surface area contributed by atoms with Crippen molar-refractivity contribution in [1.82, 2.24) is 5.32 Å². The molecule has 1 N–H and O–H groups in total. The number of hydrogen-bond donors (Lipinski definition) is 1. The van der Waals surface area contributed by atoms with E-state index < -0.39 is 0 Å². The van der Waals surface area contributed by atoms with E-state index in [1.165, 1.54) is 11.4 Å². The van der Waals surface area contributed by atoms with Crippen LogP contribution >= 0.6 is 0 Å². The van der Waals surface area contributed by atoms with Crippen LogP contribution in [0.15, 0.2) is 16.4 Å². The third-order valence-electron chi connectivity index (χ3n) is 2.05. The molecule has 12 heavy (non-hydrogen) atoms. The zero-order valence-corrected chi connectivity index (χ0v) is 8.44. The zero-order valence-electron chi connectivity index (χ0n) is 8.44. The molecule has 0 unspecified atom stereocenters. The van der Waals surface area contributed by atoms with Gasteiger partial charge >= 0.3 is 0 Å². The van der Waals surface area contributed by atoms with Gasteiger partial charge in [-0.1, -0.05) is 13.8 Å². The molecule has 0 saturated heterocycles. The maximum absolute atomic E-state index is 4.45. The van der Waals surface area contributed by atoms with Gasteiger partial charge in [0.2, 0.25) is 0 Å². The topological polar surface area (TPSA) is 24.4 Å². The third-order valence-corrected chi connectivity index (χ3v) is 2.05. The standard InChI is InChI=1S/C10H18N2/c1-5-8-9(6-2)12-10(3,4)7-11-8/h7,12H,5-6H2,1-4H3. The molecular formula is C10H18N2. The molecule has 0 aliphatic carbocycles. The smallest absolute Gasteiger partial charge is 0.0668 e. The lowest BCUT2D eigenvalue weighted by molar-refractivity contribution is 0.546. The van der Waals surface area contributed by atoms with Crippen molar-refractivity contribution >= 4 is 6.21 Å². The lowest BCUT2D eigenvalue weighted by Crippen LogP contribution is -2.42. The molecule has 68 valence electrons. The van der Waals surface area contributed by atoms with Crippen molar-refractivity contribution in [1.29, 1.82) is 0 Å². The van der Waals surface area contributed by atoms with Gasteiger partial charge in [-0.25, -0.2) is 0 Å². The molecule has 0 amide bonds. The van der Waals surface area contributed by atoms with Gasteiger partial charge in [-0.3, -0.25) is 4.99 Å². The summed E-state index contributed by atoms with van der Waals surface area (Å²) in [5.41, 5.74) is 2.53. The summed E-state index contributed by atoms with van der Waals surface area (Å²) in [7, 11) is 0. The molecule has 0 atom stereocenters. The van der Waals surface area contributed by atoms with Crippen LogP contribution < -0.4 is 5.32 Å². The summed E-state index contributed by atoms with van der Waals surface area (Å²) >= 11 is 0. The molecule has 0 radical (unpaired) electrons. The van der Waals surface area contributed by atoms with Gasteiger partial charge in [0, 0.05) is 11.9 Å². The summed E-state index contributed by atoms with van der Waals surface area (Å²) < 4.78 is 0. The SMILES string of the molecule is CCC1=C(CC)NC(C)(C)C=N1. The Morgan fingerprint density at radius 1 is 1.33 bits per heavy atom. The number of rotatable bonds is 2. The van der Waals surface area contributed by atoms with Crippen molar-refractivity contribution < 1.29 is 0 Å². The van der Waals surface area contributed by atoms with E-state index in [2.05, 4.69) is 38.0 Å². The average molecular weight is 166 g/mol. The van der Waals surface area contributed by atoms with Crippen molar-refractivity contribution in [2.45, 2.75) is 46.1 Å². The molecule has 0 spiro atoms. The molecule has 1 rings (SSSR count). The van der Waals surface area contributed by atoms with Gasteiger partial charge < -0.3 is 5.32 Å². The molecule has 0 fully saturated rings. The summed E-state index contributed by atoms with van der Waals surface area (Å²) in [6.45, 7) is 8.58. The summed E-state index contributed by atoms with van der Waals surface area (Å²) in [6, 6.07) is 0. The van der Waals surface area contributed by atoms with Crippen LogP contribution in [0.4, 0.5) is 0 Å². The van der Waals surface area contributed by atoms with E-state index in [4.69, 9.17) is 0 Å². The summed E-state index contributed by atoms with van der Waals surface area (Å²) in [5, 5.41) is 3.47. The fourth-order valence-corrected chi connectivity index (χ4v) is 1.41. The van der Waals surface area contributed by atoms with Gasteiger partial charge in [-0.15, -0.1) is 0 Å². The first-order valence-corrected chi connectivity index (χ1v) is 4.64. The van der Waals surface area contributed by atoms with Gasteiger partial charge in [0.1, 0.15) is 0 Å². The minimum Gasteiger partial charge on any atom is -0.377 e. The first-order valence-electron chi connectivity index (χ1n) is 4.64. The van der Waals surface area contributed by atoms with Crippen molar-refractivity contribution in [2.24, 2.45) is 4.99 Å². The van der Waals surface area contributed by atoms with E-state index >= 15 is 0 Å². The Hall–Kier alpha value is -0.790. The van der Waals surface area contributed by atoms with E-state index in [1.807, 2.05) is 6.21 Å². The van der Waals surface area contributed by atoms with E-state index in [-0.39, 0.29) is 5.54 Å². The Morgan fingerprint density at radius 3 is 2.50 bits per heavy atom. The Balaban J connectivity index is 2.86. The van der Waals surface area contributed by atoms with E-state index in [9.17, 15) is 0 Å². The molecule has 2 heteroatoms. The van der Waals surface area contributed by atoms with Crippen LogP contribution in [0.1, 0.15) is 40.5 Å². The number of aliphatic imine (C=N–C) groups is 1. The summed E-state index contributed by atoms with van der Waals surface area (Å²) in [6.07, 6.45) is 4.05. The van der Waals surface area contributed by atoms with Crippen LogP contribution in [0, 0.1) is 0 Å². The highest BCUT2D eigenvalue weighted by molar-refractivity contribution is 5.72. The normalized spacial score (nSPS) is 21.0. The molecule has 0 aromatic rings. The number of nitrogens with zero attached hydrogens (tertiary/aromatic N) is 1. The Morgan fingerprint density at radius 2 is 2.00 bits per heavy atom. The minimum atomic E-state index is 0.0318. The maximum atomic E-state index is 4.45. The van der Waals surface area contributed by atoms with Crippen LogP contribution in [-0.2, 0) is 0 Å². The van der Waals surface area contributed by atoms with Crippen molar-refractivity contribution in [3.8, 4) is 0 Å². The first kappa shape index (κ1) is 9.30. The second-order valence-corrected chi connectivity index (χ2v) is 3.74. The van der Waals surface area contributed by atoms with Crippen LogP contribution in [-0.4, -0.2) is 11.8 Å². The van der Waals surface area contributed by atoms with Gasteiger partial charge in [0.05, 0.1) is 11.2 Å². The van der Waals surface area contributed by atoms with E-state index in [0.717, 1.165) is 12.8 Å². The molecule has 0 aromatic carbocycles. The van der Waals surface area contributed by atoms with Crippen LogP contribution in [0.5, 0.6) is 0 Å². The third kappa shape index (κ3) is 1.87. The molecule has 0 bridgehead atoms. The maximum Gasteiger partial charge on any atom is 0.0668 e. The molecule has 0 saturated carbocycles. The predicted octanol–water partition coefficient (Wildman–Crippen LogP) is 2.47. The molecule has 1 aliphatic rings. The minimum absolute atomic E-state index is 0.0318.